The number of nitrogens with two attached hydrogens (primary N) is 2. The van der Waals surface area contributed by atoms with Gasteiger partial charge in [0.15, 0.2) is 11.7 Å². The quantitative estimate of drug-likeness (QED) is 0.136. The van der Waals surface area contributed by atoms with E-state index in [2.05, 4.69) is 10.3 Å². The number of Topliss-reactive ketones (excluding diaryl/α,β-unsaturated/α-hetero) is 1. The third kappa shape index (κ3) is 5.66. The molecule has 1 amide bonds. The number of rotatable bonds is 10. The Morgan fingerprint density at radius 3 is 2.07 bits per heavy atom. The summed E-state index contributed by atoms with van der Waals surface area (Å²) < 4.78 is 5.21. The van der Waals surface area contributed by atoms with Crippen LogP contribution >= 0.6 is 0 Å². The Morgan fingerprint density at radius 2 is 1.53 bits per heavy atom. The van der Waals surface area contributed by atoms with Crippen molar-refractivity contribution < 1.29 is 19.1 Å². The van der Waals surface area contributed by atoms with Crippen molar-refractivity contribution >= 4 is 23.6 Å². The van der Waals surface area contributed by atoms with E-state index in [4.69, 9.17) is 16.2 Å². The molecule has 0 aromatic heterocycles. The molecule has 8 heteroatoms. The zero-order valence-electron chi connectivity index (χ0n) is 16.8. The number of hydrogen-bond donors (Lipinski definition) is 3. The van der Waals surface area contributed by atoms with Crippen LogP contribution in [0.3, 0.4) is 0 Å². The minimum atomic E-state index is -1.91. The Bertz CT molecular complexity index is 896. The highest BCUT2D eigenvalue weighted by atomic mass is 16.5. The molecule has 2 rings (SSSR count). The summed E-state index contributed by atoms with van der Waals surface area (Å²) in [5.41, 5.74) is 9.39. The maximum atomic E-state index is 13.5. The molecule has 30 heavy (non-hydrogen) atoms. The molecule has 0 bridgehead atoms. The van der Waals surface area contributed by atoms with Crippen LogP contribution in [0.2, 0.25) is 0 Å². The van der Waals surface area contributed by atoms with E-state index in [9.17, 15) is 14.4 Å². The molecular formula is C22H26N4O4. The predicted octanol–water partition coefficient (Wildman–Crippen LogP) is 1.65. The van der Waals surface area contributed by atoms with Gasteiger partial charge in [0, 0.05) is 17.7 Å². The fourth-order valence-electron chi connectivity index (χ4n) is 2.98. The van der Waals surface area contributed by atoms with E-state index in [-0.39, 0.29) is 37.5 Å². The largest absolute Gasteiger partial charge is 0.464 e. The molecule has 0 aliphatic heterocycles. The minimum absolute atomic E-state index is 0.0328. The summed E-state index contributed by atoms with van der Waals surface area (Å²) in [6, 6.07) is 16.6. The third-order valence-electron chi connectivity index (χ3n) is 4.41. The Morgan fingerprint density at radius 1 is 0.967 bits per heavy atom. The molecule has 158 valence electrons. The van der Waals surface area contributed by atoms with Crippen molar-refractivity contribution in [3.05, 3.63) is 71.8 Å². The van der Waals surface area contributed by atoms with Crippen LogP contribution in [0.1, 0.15) is 40.5 Å². The number of nitrogens with one attached hydrogen (secondary N) is 1. The SMILES string of the molecule is CCOC(=O)[C@](CCCN=C(N)N)(NC(=O)c1ccccc1)C(=O)c1ccccc1. The lowest BCUT2D eigenvalue weighted by molar-refractivity contribution is -0.148. The monoisotopic (exact) mass is 410 g/mol. The number of ketones is 1. The summed E-state index contributed by atoms with van der Waals surface area (Å²) in [5, 5.41) is 2.64. The standard InChI is InChI=1S/C22H26N4O4/c1-2-30-20(29)22(14-9-15-25-21(23)24,18(27)16-10-5-3-6-11-16)26-19(28)17-12-7-4-8-13-17/h3-8,10-13H,2,9,14-15H2,1H3,(H,26,28)(H4,23,24,25)/t22-/m1/s1. The first-order chi connectivity index (χ1) is 14.4. The van der Waals surface area contributed by atoms with Crippen molar-refractivity contribution in [3.8, 4) is 0 Å². The maximum Gasteiger partial charge on any atom is 0.340 e. The molecule has 0 heterocycles. The van der Waals surface area contributed by atoms with Gasteiger partial charge in [-0.25, -0.2) is 4.79 Å². The Balaban J connectivity index is 2.46. The number of benzene rings is 2. The first-order valence-electron chi connectivity index (χ1n) is 9.60. The van der Waals surface area contributed by atoms with E-state index in [0.29, 0.717) is 5.56 Å². The number of guanidine groups is 1. The highest BCUT2D eigenvalue weighted by Gasteiger charge is 2.48. The number of nitrogens with zero attached hydrogens (tertiary/aromatic N) is 1. The van der Waals surface area contributed by atoms with Crippen molar-refractivity contribution in [1.29, 1.82) is 0 Å². The topological polar surface area (TPSA) is 137 Å². The molecule has 0 fully saturated rings. The molecule has 2 aromatic carbocycles. The molecule has 5 N–H and O–H groups in total. The van der Waals surface area contributed by atoms with Gasteiger partial charge in [0.2, 0.25) is 5.54 Å². The molecular weight excluding hydrogens is 384 g/mol. The number of ether oxygens (including phenoxy) is 1. The highest BCUT2D eigenvalue weighted by molar-refractivity contribution is 6.19. The molecule has 8 nitrogen and oxygen atoms in total. The summed E-state index contributed by atoms with van der Waals surface area (Å²) in [7, 11) is 0. The van der Waals surface area contributed by atoms with E-state index in [1.165, 1.54) is 0 Å². The zero-order valence-corrected chi connectivity index (χ0v) is 16.8. The molecule has 2 aromatic rings. The van der Waals surface area contributed by atoms with Gasteiger partial charge in [-0.15, -0.1) is 0 Å². The van der Waals surface area contributed by atoms with Crippen LogP contribution in [-0.4, -0.2) is 42.3 Å². The van der Waals surface area contributed by atoms with Gasteiger partial charge in [0.25, 0.3) is 5.91 Å². The molecule has 1 atom stereocenters. The van der Waals surface area contributed by atoms with Crippen molar-refractivity contribution in [2.75, 3.05) is 13.2 Å². The van der Waals surface area contributed by atoms with E-state index < -0.39 is 23.2 Å². The first-order valence-corrected chi connectivity index (χ1v) is 9.60. The van der Waals surface area contributed by atoms with Gasteiger partial charge >= 0.3 is 5.97 Å². The van der Waals surface area contributed by atoms with Crippen LogP contribution in [0.4, 0.5) is 0 Å². The van der Waals surface area contributed by atoms with Crippen LogP contribution in [0.5, 0.6) is 0 Å². The lowest BCUT2D eigenvalue weighted by Crippen LogP contribution is -2.61. The second kappa shape index (κ2) is 10.8. The number of amides is 1. The maximum absolute atomic E-state index is 13.5. The summed E-state index contributed by atoms with van der Waals surface area (Å²) in [5.74, 6) is -2.04. The van der Waals surface area contributed by atoms with E-state index >= 15 is 0 Å². The van der Waals surface area contributed by atoms with Crippen LogP contribution in [0.25, 0.3) is 0 Å². The Hall–Kier alpha value is -3.68. The van der Waals surface area contributed by atoms with Gasteiger partial charge in [0.05, 0.1) is 6.61 Å². The summed E-state index contributed by atoms with van der Waals surface area (Å²) in [6.07, 6.45) is 0.235. The normalized spacial score (nSPS) is 12.3. The number of hydrogen-bond acceptors (Lipinski definition) is 5. The Labute approximate surface area is 175 Å². The van der Waals surface area contributed by atoms with Crippen molar-refractivity contribution in [2.24, 2.45) is 16.5 Å². The number of esters is 1. The lowest BCUT2D eigenvalue weighted by atomic mass is 9.84. The molecule has 0 aliphatic carbocycles. The highest BCUT2D eigenvalue weighted by Crippen LogP contribution is 2.23. The third-order valence-corrected chi connectivity index (χ3v) is 4.41. The van der Waals surface area contributed by atoms with Crippen LogP contribution in [0.15, 0.2) is 65.7 Å². The smallest absolute Gasteiger partial charge is 0.340 e. The predicted molar refractivity (Wildman–Crippen MR) is 114 cm³/mol. The summed E-state index contributed by atoms with van der Waals surface area (Å²) >= 11 is 0. The number of carbonyl (C=O) groups is 3. The molecule has 0 aliphatic rings. The van der Waals surface area contributed by atoms with E-state index in [0.717, 1.165) is 0 Å². The van der Waals surface area contributed by atoms with Gasteiger partial charge < -0.3 is 21.5 Å². The second-order valence-electron chi connectivity index (χ2n) is 6.55. The van der Waals surface area contributed by atoms with E-state index in [1.54, 1.807) is 67.6 Å². The second-order valence-corrected chi connectivity index (χ2v) is 6.55. The number of aliphatic imine (C=N–C) groups is 1. The number of carbonyl (C=O) groups excluding carboxylic acids is 3. The molecule has 0 radical (unpaired) electrons. The average molecular weight is 410 g/mol. The minimum Gasteiger partial charge on any atom is -0.464 e. The fraction of sp³-hybridized carbons (Fsp3) is 0.273. The van der Waals surface area contributed by atoms with Crippen LogP contribution in [0, 0.1) is 0 Å². The van der Waals surface area contributed by atoms with Gasteiger partial charge in [-0.3, -0.25) is 14.6 Å². The summed E-state index contributed by atoms with van der Waals surface area (Å²) in [4.78, 5) is 43.3. The molecule has 0 spiro atoms. The molecule has 0 saturated carbocycles. The molecule has 0 unspecified atom stereocenters. The van der Waals surface area contributed by atoms with Crippen LogP contribution < -0.4 is 16.8 Å². The van der Waals surface area contributed by atoms with Gasteiger partial charge in [0.1, 0.15) is 0 Å². The Kier molecular flexibility index (Phi) is 8.10. The fourth-order valence-corrected chi connectivity index (χ4v) is 2.98. The lowest BCUT2D eigenvalue weighted by Gasteiger charge is -2.31. The molecule has 0 saturated heterocycles. The van der Waals surface area contributed by atoms with Crippen molar-refractivity contribution in [2.45, 2.75) is 25.3 Å². The average Bonchev–Trinajstić information content (AvgIpc) is 2.76. The van der Waals surface area contributed by atoms with Gasteiger partial charge in [-0.1, -0.05) is 48.5 Å². The zero-order chi connectivity index (χ0) is 22.0. The van der Waals surface area contributed by atoms with Crippen molar-refractivity contribution in [1.82, 2.24) is 5.32 Å². The van der Waals surface area contributed by atoms with Crippen molar-refractivity contribution in [3.63, 3.8) is 0 Å². The first kappa shape index (κ1) is 22.6. The van der Waals surface area contributed by atoms with E-state index in [1.807, 2.05) is 0 Å². The van der Waals surface area contributed by atoms with Gasteiger partial charge in [-0.05, 0) is 31.9 Å². The summed E-state index contributed by atoms with van der Waals surface area (Å²) in [6.45, 7) is 1.87. The van der Waals surface area contributed by atoms with Crippen LogP contribution in [-0.2, 0) is 9.53 Å². The van der Waals surface area contributed by atoms with Gasteiger partial charge in [-0.2, -0.15) is 0 Å².